The molecular weight excluding hydrogens is 288 g/mol. The molecule has 0 aromatic rings. The van der Waals surface area contributed by atoms with Gasteiger partial charge in [0.15, 0.2) is 12.2 Å². The van der Waals surface area contributed by atoms with Crippen LogP contribution in [0.5, 0.6) is 0 Å². The monoisotopic (exact) mass is 300 g/mol. The van der Waals surface area contributed by atoms with Crippen molar-refractivity contribution in [3.63, 3.8) is 0 Å². The first-order valence-corrected chi connectivity index (χ1v) is 3.47. The van der Waals surface area contributed by atoms with Gasteiger partial charge in [-0.2, -0.15) is 0 Å². The normalized spacial score (nSPS) is 16.0. The Morgan fingerprint density at radius 1 is 0.706 bits per heavy atom. The summed E-state index contributed by atoms with van der Waals surface area (Å²) >= 11 is 0. The smallest absolute Gasteiger partial charge is 0.870 e. The van der Waals surface area contributed by atoms with Crippen LogP contribution >= 0.6 is 0 Å². The fourth-order valence-corrected chi connectivity index (χ4v) is 0.666. The fourth-order valence-electron chi connectivity index (χ4n) is 0.666. The van der Waals surface area contributed by atoms with Crippen molar-refractivity contribution in [2.45, 2.75) is 24.4 Å². The molecule has 0 saturated heterocycles. The van der Waals surface area contributed by atoms with Gasteiger partial charge in [-0.25, -0.2) is 9.59 Å². The number of aliphatic hydroxyl groups is 4. The summed E-state index contributed by atoms with van der Waals surface area (Å²) in [5.74, 6) is -3.68. The van der Waals surface area contributed by atoms with Crippen molar-refractivity contribution < 1.29 is 68.2 Å². The zero-order chi connectivity index (χ0) is 11.5. The third-order valence-electron chi connectivity index (χ3n) is 1.50. The molecule has 0 aliphatic rings. The van der Waals surface area contributed by atoms with Crippen LogP contribution in [0.1, 0.15) is 0 Å². The minimum absolute atomic E-state index is 0. The molecule has 0 radical (unpaired) electrons. The van der Waals surface area contributed by atoms with Crippen LogP contribution in [0.4, 0.5) is 0 Å². The van der Waals surface area contributed by atoms with Crippen molar-refractivity contribution in [3.8, 4) is 0 Å². The Bertz CT molecular complexity index is 209. The zero-order valence-corrected chi connectivity index (χ0v) is 9.16. The molecule has 104 valence electrons. The van der Waals surface area contributed by atoms with Gasteiger partial charge in [-0.3, -0.25) is 0 Å². The number of hydrogen-bond donors (Lipinski definition) is 6. The van der Waals surface area contributed by atoms with E-state index in [2.05, 4.69) is 0 Å². The summed E-state index contributed by atoms with van der Waals surface area (Å²) in [6.45, 7) is 0. The molecule has 0 amide bonds. The fraction of sp³-hybridized carbons (Fsp3) is 0.667. The zero-order valence-electron chi connectivity index (χ0n) is 8.06. The second kappa shape index (κ2) is 10.4. The molecule has 4 unspecified atom stereocenters. The summed E-state index contributed by atoms with van der Waals surface area (Å²) < 4.78 is 0. The number of carbonyl (C=O) groups is 2. The summed E-state index contributed by atoms with van der Waals surface area (Å²) in [4.78, 5) is 20.2. The van der Waals surface area contributed by atoms with Crippen molar-refractivity contribution in [1.29, 1.82) is 0 Å². The molecule has 0 bridgehead atoms. The van der Waals surface area contributed by atoms with E-state index < -0.39 is 36.4 Å². The van der Waals surface area contributed by atoms with E-state index in [0.29, 0.717) is 0 Å². The third kappa shape index (κ3) is 7.20. The van der Waals surface area contributed by atoms with Gasteiger partial charge >= 0.3 is 29.0 Å². The molecule has 0 aliphatic heterocycles. The Balaban J connectivity index is -0.000000282. The van der Waals surface area contributed by atoms with Gasteiger partial charge in [0, 0.05) is 0 Å². The first-order chi connectivity index (χ1) is 6.29. The number of aliphatic hydroxyl groups excluding tert-OH is 4. The summed E-state index contributed by atoms with van der Waals surface area (Å²) in [5.41, 5.74) is 0. The van der Waals surface area contributed by atoms with Gasteiger partial charge in [0.25, 0.3) is 0 Å². The van der Waals surface area contributed by atoms with Crippen molar-refractivity contribution in [2.75, 3.05) is 0 Å². The van der Waals surface area contributed by atoms with Gasteiger partial charge in [-0.05, 0) is 0 Å². The molecule has 11 heteroatoms. The molecule has 8 N–H and O–H groups in total. The van der Waals surface area contributed by atoms with Gasteiger partial charge in [0.2, 0.25) is 0 Å². The number of carboxylic acids is 2. The van der Waals surface area contributed by atoms with Crippen LogP contribution in [0.2, 0.25) is 0 Å². The third-order valence-corrected chi connectivity index (χ3v) is 1.50. The van der Waals surface area contributed by atoms with Crippen molar-refractivity contribution in [2.24, 2.45) is 0 Å². The van der Waals surface area contributed by atoms with Crippen molar-refractivity contribution in [1.82, 2.24) is 0 Å². The quantitative estimate of drug-likeness (QED) is 0.272. The first kappa shape index (κ1) is 25.2. The largest absolute Gasteiger partial charge is 2.00 e. The van der Waals surface area contributed by atoms with E-state index in [1.54, 1.807) is 0 Å². The minimum atomic E-state index is -2.36. The SMILES string of the molecule is O=C(O)C(O)C(O)C(O)C(O)C(=O)O.[Fe+2].[OH-].[OH-]. The average molecular weight is 300 g/mol. The van der Waals surface area contributed by atoms with E-state index in [1.165, 1.54) is 0 Å². The average Bonchev–Trinajstić information content (AvgIpc) is 2.12. The Morgan fingerprint density at radius 3 is 1.00 bits per heavy atom. The summed E-state index contributed by atoms with van der Waals surface area (Å²) in [5, 5.41) is 51.5. The van der Waals surface area contributed by atoms with Crippen LogP contribution < -0.4 is 0 Å². The molecule has 0 aromatic carbocycles. The maximum Gasteiger partial charge on any atom is 2.00 e. The Hall–Kier alpha value is -0.781. The van der Waals surface area contributed by atoms with Gasteiger partial charge in [0.05, 0.1) is 0 Å². The molecule has 10 nitrogen and oxygen atoms in total. The van der Waals surface area contributed by atoms with Crippen LogP contribution in [-0.2, 0) is 26.7 Å². The molecule has 0 heterocycles. The van der Waals surface area contributed by atoms with E-state index in [0.717, 1.165) is 0 Å². The van der Waals surface area contributed by atoms with Gasteiger partial charge < -0.3 is 41.6 Å². The number of carboxylic acid groups (broad SMARTS) is 2. The second-order valence-corrected chi connectivity index (χ2v) is 2.55. The van der Waals surface area contributed by atoms with E-state index in [4.69, 9.17) is 30.6 Å². The second-order valence-electron chi connectivity index (χ2n) is 2.55. The molecule has 4 atom stereocenters. The van der Waals surface area contributed by atoms with Gasteiger partial charge in [-0.1, -0.05) is 0 Å². The van der Waals surface area contributed by atoms with Crippen LogP contribution in [0.15, 0.2) is 0 Å². The molecule has 0 rings (SSSR count). The van der Waals surface area contributed by atoms with Crippen LogP contribution in [0.3, 0.4) is 0 Å². The van der Waals surface area contributed by atoms with E-state index in [1.807, 2.05) is 0 Å². The Labute approximate surface area is 105 Å². The molecule has 0 spiro atoms. The molecule has 0 saturated carbocycles. The molecule has 0 fully saturated rings. The van der Waals surface area contributed by atoms with Crippen LogP contribution in [-0.4, -0.2) is 77.9 Å². The van der Waals surface area contributed by atoms with E-state index in [-0.39, 0.29) is 28.0 Å². The van der Waals surface area contributed by atoms with Crippen molar-refractivity contribution in [3.05, 3.63) is 0 Å². The van der Waals surface area contributed by atoms with Gasteiger partial charge in [-0.15, -0.1) is 0 Å². The number of aliphatic carboxylic acids is 2. The van der Waals surface area contributed by atoms with Crippen LogP contribution in [0.25, 0.3) is 0 Å². The predicted octanol–water partition coefficient (Wildman–Crippen LogP) is -3.76. The van der Waals surface area contributed by atoms with E-state index >= 15 is 0 Å². The van der Waals surface area contributed by atoms with Crippen molar-refractivity contribution >= 4 is 11.9 Å². The molecule has 0 aromatic heterocycles. The summed E-state index contributed by atoms with van der Waals surface area (Å²) in [6, 6.07) is 0. The maximum atomic E-state index is 10.1. The standard InChI is InChI=1S/C6H10O8.Fe.2H2O/c7-1(3(9)5(11)12)2(8)4(10)6(13)14;;;/h1-4,7-10H,(H,11,12)(H,13,14);;2*1H2/q;+2;;/p-2. The predicted molar refractivity (Wildman–Crippen MR) is 43.2 cm³/mol. The molecule has 0 aliphatic carbocycles. The maximum absolute atomic E-state index is 10.1. The molecular formula is C6H12FeO10. The topological polar surface area (TPSA) is 216 Å². The van der Waals surface area contributed by atoms with Gasteiger partial charge in [0.1, 0.15) is 12.2 Å². The van der Waals surface area contributed by atoms with E-state index in [9.17, 15) is 9.59 Å². The first-order valence-electron chi connectivity index (χ1n) is 3.47. The Morgan fingerprint density at radius 2 is 0.882 bits per heavy atom. The molecule has 17 heavy (non-hydrogen) atoms. The number of rotatable bonds is 5. The summed E-state index contributed by atoms with van der Waals surface area (Å²) in [7, 11) is 0. The van der Waals surface area contributed by atoms with Crippen LogP contribution in [0, 0.1) is 0 Å². The minimum Gasteiger partial charge on any atom is -0.870 e. The summed E-state index contributed by atoms with van der Waals surface area (Å²) in [6.07, 6.45) is -9.28. The Kier molecular flexibility index (Phi) is 15.4. The number of hydrogen-bond acceptors (Lipinski definition) is 8.